The fourth-order valence-electron chi connectivity index (χ4n) is 3.07. The van der Waals surface area contributed by atoms with Crippen LogP contribution in [0.5, 0.6) is 0 Å². The fraction of sp³-hybridized carbons (Fsp3) is 0.529. The van der Waals surface area contributed by atoms with Crippen LogP contribution < -0.4 is 10.2 Å². The van der Waals surface area contributed by atoms with Crippen LogP contribution in [0.2, 0.25) is 0 Å². The third-order valence-corrected chi connectivity index (χ3v) is 5.38. The number of nitrogens with zero attached hydrogens (tertiary/aromatic N) is 2. The van der Waals surface area contributed by atoms with Crippen molar-refractivity contribution in [2.75, 3.05) is 37.2 Å². The molecule has 1 aromatic rings. The van der Waals surface area contributed by atoms with Gasteiger partial charge in [-0.15, -0.1) is 0 Å². The first-order chi connectivity index (χ1) is 13.4. The van der Waals surface area contributed by atoms with Crippen LogP contribution in [0.15, 0.2) is 24.3 Å². The SMILES string of the molecule is CC(=O)NC(CCP(=O)(O)O)C(=O)N1CCN(c2ccc(C(F)(F)F)cc2)CC1. The Morgan fingerprint density at radius 2 is 1.69 bits per heavy atom. The maximum Gasteiger partial charge on any atom is 0.416 e. The van der Waals surface area contributed by atoms with Crippen LogP contribution in [0.4, 0.5) is 18.9 Å². The van der Waals surface area contributed by atoms with E-state index in [1.54, 1.807) is 0 Å². The van der Waals surface area contributed by atoms with Gasteiger partial charge >= 0.3 is 13.8 Å². The maximum absolute atomic E-state index is 12.7. The van der Waals surface area contributed by atoms with E-state index in [9.17, 15) is 27.3 Å². The molecule has 0 aromatic heterocycles. The van der Waals surface area contributed by atoms with E-state index in [1.165, 1.54) is 24.0 Å². The van der Waals surface area contributed by atoms with E-state index in [0.29, 0.717) is 18.8 Å². The number of nitrogens with one attached hydrogen (secondary N) is 1. The smallest absolute Gasteiger partial charge is 0.368 e. The summed E-state index contributed by atoms with van der Waals surface area (Å²) in [6.07, 6.45) is -5.13. The van der Waals surface area contributed by atoms with Crippen LogP contribution in [-0.4, -0.2) is 64.9 Å². The van der Waals surface area contributed by atoms with Crippen LogP contribution in [0.3, 0.4) is 0 Å². The standard InChI is InChI=1S/C17H23F3N3O5P/c1-12(24)21-15(6-11-29(26,27)28)16(25)23-9-7-22(8-10-23)14-4-2-13(3-5-14)17(18,19)20/h2-5,15H,6-11H2,1H3,(H,21,24)(H2,26,27,28). The third-order valence-electron chi connectivity index (χ3n) is 4.54. The molecule has 8 nitrogen and oxygen atoms in total. The number of hydrogen-bond acceptors (Lipinski definition) is 4. The van der Waals surface area contributed by atoms with E-state index in [1.807, 2.05) is 4.90 Å². The molecule has 0 saturated carbocycles. The summed E-state index contributed by atoms with van der Waals surface area (Å²) in [6.45, 7) is 2.50. The van der Waals surface area contributed by atoms with Gasteiger partial charge in [-0.3, -0.25) is 14.2 Å². The number of rotatable bonds is 6. The van der Waals surface area contributed by atoms with Gasteiger partial charge in [-0.1, -0.05) is 0 Å². The summed E-state index contributed by atoms with van der Waals surface area (Å²) >= 11 is 0. The van der Waals surface area contributed by atoms with Crippen molar-refractivity contribution in [1.29, 1.82) is 0 Å². The number of benzene rings is 1. The van der Waals surface area contributed by atoms with Gasteiger partial charge in [0.2, 0.25) is 11.8 Å². The molecule has 2 rings (SSSR count). The minimum atomic E-state index is -4.41. The Kier molecular flexibility index (Phi) is 7.31. The zero-order valence-corrected chi connectivity index (χ0v) is 16.6. The molecule has 162 valence electrons. The summed E-state index contributed by atoms with van der Waals surface area (Å²) in [5.74, 6) is -0.932. The molecule has 1 fully saturated rings. The molecule has 1 aliphatic heterocycles. The highest BCUT2D eigenvalue weighted by molar-refractivity contribution is 7.51. The molecule has 1 atom stereocenters. The molecule has 0 spiro atoms. The van der Waals surface area contributed by atoms with Crippen LogP contribution in [0, 0.1) is 0 Å². The Morgan fingerprint density at radius 3 is 2.14 bits per heavy atom. The molecule has 0 radical (unpaired) electrons. The van der Waals surface area contributed by atoms with Gasteiger partial charge in [-0.25, -0.2) is 0 Å². The first-order valence-electron chi connectivity index (χ1n) is 8.89. The topological polar surface area (TPSA) is 110 Å². The molecule has 1 aromatic carbocycles. The summed E-state index contributed by atoms with van der Waals surface area (Å²) < 4.78 is 49.1. The number of halogens is 3. The second kappa shape index (κ2) is 9.15. The largest absolute Gasteiger partial charge is 0.416 e. The Balaban J connectivity index is 1.97. The van der Waals surface area contributed by atoms with Gasteiger partial charge < -0.3 is 24.9 Å². The highest BCUT2D eigenvalue weighted by Gasteiger charge is 2.32. The molecular weight excluding hydrogens is 414 g/mol. The minimum absolute atomic E-state index is 0.193. The highest BCUT2D eigenvalue weighted by Crippen LogP contribution is 2.35. The minimum Gasteiger partial charge on any atom is -0.368 e. The molecule has 1 heterocycles. The van der Waals surface area contributed by atoms with Gasteiger partial charge in [0.15, 0.2) is 0 Å². The van der Waals surface area contributed by atoms with Crippen molar-refractivity contribution in [3.63, 3.8) is 0 Å². The van der Waals surface area contributed by atoms with Crippen molar-refractivity contribution in [1.82, 2.24) is 10.2 Å². The number of hydrogen-bond donors (Lipinski definition) is 3. The molecule has 0 aliphatic carbocycles. The van der Waals surface area contributed by atoms with E-state index < -0.39 is 43.4 Å². The Morgan fingerprint density at radius 1 is 1.14 bits per heavy atom. The summed E-state index contributed by atoms with van der Waals surface area (Å²) in [4.78, 5) is 45.4. The fourth-order valence-corrected chi connectivity index (χ4v) is 3.66. The average molecular weight is 437 g/mol. The van der Waals surface area contributed by atoms with Gasteiger partial charge in [0, 0.05) is 38.8 Å². The Hall–Kier alpha value is -2.10. The molecule has 1 unspecified atom stereocenters. The lowest BCUT2D eigenvalue weighted by Gasteiger charge is -2.37. The Bertz CT molecular complexity index is 774. The number of alkyl halides is 3. The van der Waals surface area contributed by atoms with Gasteiger partial charge in [0.25, 0.3) is 0 Å². The molecule has 12 heteroatoms. The second-order valence-electron chi connectivity index (χ2n) is 6.79. The van der Waals surface area contributed by atoms with E-state index in [2.05, 4.69) is 5.32 Å². The van der Waals surface area contributed by atoms with Crippen LogP contribution in [0.1, 0.15) is 18.9 Å². The van der Waals surface area contributed by atoms with Gasteiger partial charge in [0.05, 0.1) is 11.7 Å². The van der Waals surface area contributed by atoms with Gasteiger partial charge in [-0.05, 0) is 30.7 Å². The Labute approximate surface area is 165 Å². The molecule has 1 aliphatic rings. The molecule has 1 saturated heterocycles. The van der Waals surface area contributed by atoms with E-state index in [0.717, 1.165) is 12.1 Å². The van der Waals surface area contributed by atoms with Crippen molar-refractivity contribution in [3.05, 3.63) is 29.8 Å². The van der Waals surface area contributed by atoms with E-state index >= 15 is 0 Å². The predicted molar refractivity (Wildman–Crippen MR) is 99.4 cm³/mol. The number of anilines is 1. The van der Waals surface area contributed by atoms with Crippen molar-refractivity contribution < 1.29 is 37.1 Å². The average Bonchev–Trinajstić information content (AvgIpc) is 2.63. The lowest BCUT2D eigenvalue weighted by atomic mass is 10.1. The normalized spacial score (nSPS) is 16.5. The summed E-state index contributed by atoms with van der Waals surface area (Å²) in [6, 6.07) is 3.71. The van der Waals surface area contributed by atoms with E-state index in [-0.39, 0.29) is 19.5 Å². The molecule has 3 N–H and O–H groups in total. The lowest BCUT2D eigenvalue weighted by Crippen LogP contribution is -2.55. The van der Waals surface area contributed by atoms with Gasteiger partial charge in [0.1, 0.15) is 6.04 Å². The van der Waals surface area contributed by atoms with Crippen molar-refractivity contribution in [2.45, 2.75) is 25.6 Å². The highest BCUT2D eigenvalue weighted by atomic mass is 31.2. The summed E-state index contributed by atoms with van der Waals surface area (Å²) in [5.41, 5.74) is -0.136. The molecular formula is C17H23F3N3O5P. The monoisotopic (exact) mass is 437 g/mol. The zero-order valence-electron chi connectivity index (χ0n) is 15.7. The summed E-state index contributed by atoms with van der Waals surface area (Å²) in [5, 5.41) is 2.42. The number of piperazine rings is 1. The van der Waals surface area contributed by atoms with Crippen molar-refractivity contribution >= 4 is 25.1 Å². The van der Waals surface area contributed by atoms with Crippen molar-refractivity contribution in [3.8, 4) is 0 Å². The van der Waals surface area contributed by atoms with Crippen LogP contribution >= 0.6 is 7.60 Å². The lowest BCUT2D eigenvalue weighted by molar-refractivity contribution is -0.137. The van der Waals surface area contributed by atoms with Gasteiger partial charge in [-0.2, -0.15) is 13.2 Å². The zero-order chi connectivity index (χ0) is 21.8. The summed E-state index contributed by atoms with van der Waals surface area (Å²) in [7, 11) is -4.32. The molecule has 29 heavy (non-hydrogen) atoms. The predicted octanol–water partition coefficient (Wildman–Crippen LogP) is 1.43. The quantitative estimate of drug-likeness (QED) is 0.581. The first-order valence-corrected chi connectivity index (χ1v) is 10.7. The van der Waals surface area contributed by atoms with Crippen LogP contribution in [0.25, 0.3) is 0 Å². The third kappa shape index (κ3) is 7.02. The van der Waals surface area contributed by atoms with Crippen molar-refractivity contribution in [2.24, 2.45) is 0 Å². The molecule has 2 amide bonds. The number of amides is 2. The van der Waals surface area contributed by atoms with E-state index in [4.69, 9.17) is 9.79 Å². The number of carbonyl (C=O) groups is 2. The number of carbonyl (C=O) groups excluding carboxylic acids is 2. The maximum atomic E-state index is 12.7. The van der Waals surface area contributed by atoms with Crippen LogP contribution in [-0.2, 0) is 20.3 Å². The first kappa shape index (κ1) is 23.2. The molecule has 0 bridgehead atoms. The second-order valence-corrected chi connectivity index (χ2v) is 8.56.